The van der Waals surface area contributed by atoms with Crippen LogP contribution in [0.25, 0.3) is 22.3 Å². The summed E-state index contributed by atoms with van der Waals surface area (Å²) in [5, 5.41) is 10.8. The average Bonchev–Trinajstić information content (AvgIpc) is 4.00. The monoisotopic (exact) mass is 999 g/mol. The predicted molar refractivity (Wildman–Crippen MR) is 325 cm³/mol. The normalized spacial score (nSPS) is 12.8. The molecule has 12 aromatic carbocycles. The summed E-state index contributed by atoms with van der Waals surface area (Å²) in [6.07, 6.45) is 0. The zero-order valence-corrected chi connectivity index (χ0v) is 44.0. The van der Waals surface area contributed by atoms with E-state index in [-0.39, 0.29) is 0 Å². The van der Waals surface area contributed by atoms with Gasteiger partial charge in [-0.25, -0.2) is 0 Å². The van der Waals surface area contributed by atoms with E-state index < -0.39 is 21.6 Å². The van der Waals surface area contributed by atoms with E-state index in [0.717, 1.165) is 17.1 Å². The lowest BCUT2D eigenvalue weighted by atomic mass is 9.70. The number of benzene rings is 12. The van der Waals surface area contributed by atoms with Gasteiger partial charge >= 0.3 is 0 Å². The van der Waals surface area contributed by atoms with E-state index in [2.05, 4.69) is 326 Å². The first-order valence-corrected chi connectivity index (χ1v) is 30.5. The summed E-state index contributed by atoms with van der Waals surface area (Å²) in [5.74, 6) is 0. The molecule has 358 valence electrons. The van der Waals surface area contributed by atoms with Gasteiger partial charge in [0.2, 0.25) is 0 Å². The summed E-state index contributed by atoms with van der Waals surface area (Å²) in [6.45, 7) is 0. The third kappa shape index (κ3) is 6.83. The quantitative estimate of drug-likeness (QED) is 0.0922. The number of hydrogen-bond donors (Lipinski definition) is 0. The molecule has 0 aliphatic heterocycles. The van der Waals surface area contributed by atoms with E-state index in [9.17, 15) is 0 Å². The highest BCUT2D eigenvalue weighted by Crippen LogP contribution is 2.63. The number of rotatable bonds is 11. The maximum Gasteiger partial charge on any atom is 0.179 e. The lowest BCUT2D eigenvalue weighted by Crippen LogP contribution is -2.74. The molecule has 0 saturated heterocycles. The molecule has 0 amide bonds. The molecule has 0 heterocycles. The van der Waals surface area contributed by atoms with Crippen molar-refractivity contribution in [1.29, 1.82) is 0 Å². The van der Waals surface area contributed by atoms with E-state index in [1.165, 1.54) is 86.0 Å². The zero-order valence-electron chi connectivity index (χ0n) is 42.0. The Morgan fingerprint density at radius 1 is 0.197 bits per heavy atom. The third-order valence-corrected chi connectivity index (χ3v) is 26.2. The molecule has 2 aliphatic carbocycles. The van der Waals surface area contributed by atoms with Crippen LogP contribution in [0.2, 0.25) is 0 Å². The smallest absolute Gasteiger partial charge is 0.179 e. The van der Waals surface area contributed by atoms with Crippen molar-refractivity contribution in [3.05, 3.63) is 344 Å². The highest BCUT2D eigenvalue weighted by Gasteiger charge is 2.52. The van der Waals surface area contributed by atoms with Gasteiger partial charge in [-0.3, -0.25) is 0 Å². The Bertz CT molecular complexity index is 3590. The highest BCUT2D eigenvalue weighted by atomic mass is 28.3. The molecule has 0 radical (unpaired) electrons. The first kappa shape index (κ1) is 45.5. The van der Waals surface area contributed by atoms with Gasteiger partial charge in [0, 0.05) is 17.1 Å². The van der Waals surface area contributed by atoms with Crippen molar-refractivity contribution in [1.82, 2.24) is 0 Å². The van der Waals surface area contributed by atoms with Gasteiger partial charge in [-0.15, -0.1) is 0 Å². The first-order chi connectivity index (χ1) is 37.7. The van der Waals surface area contributed by atoms with Crippen molar-refractivity contribution in [2.24, 2.45) is 0 Å². The van der Waals surface area contributed by atoms with Crippen LogP contribution >= 0.6 is 0 Å². The van der Waals surface area contributed by atoms with Crippen LogP contribution in [0.1, 0.15) is 22.3 Å². The van der Waals surface area contributed by atoms with Crippen LogP contribution < -0.4 is 46.4 Å². The number of hydrogen-bond acceptors (Lipinski definition) is 1. The van der Waals surface area contributed by atoms with Gasteiger partial charge in [0.25, 0.3) is 0 Å². The summed E-state index contributed by atoms with van der Waals surface area (Å²) in [5.41, 5.74) is 13.4. The molecular formula is C73H53NSi2. The van der Waals surface area contributed by atoms with Gasteiger partial charge in [-0.1, -0.05) is 285 Å². The molecule has 12 aromatic rings. The Balaban J connectivity index is 1.00. The topological polar surface area (TPSA) is 3.24 Å². The van der Waals surface area contributed by atoms with Gasteiger partial charge in [0.05, 0.1) is 5.41 Å². The number of anilines is 3. The van der Waals surface area contributed by atoms with Crippen molar-refractivity contribution < 1.29 is 0 Å². The molecule has 0 unspecified atom stereocenters. The Hall–Kier alpha value is -9.13. The van der Waals surface area contributed by atoms with Gasteiger partial charge in [-0.05, 0) is 122 Å². The average molecular weight is 1000 g/mol. The molecule has 14 rings (SSSR count). The number of nitrogens with zero attached hydrogens (tertiary/aromatic N) is 1. The van der Waals surface area contributed by atoms with Crippen LogP contribution in [0.3, 0.4) is 0 Å². The Morgan fingerprint density at radius 3 is 0.737 bits per heavy atom. The van der Waals surface area contributed by atoms with Crippen molar-refractivity contribution in [3.8, 4) is 22.3 Å². The molecule has 1 spiro atoms. The predicted octanol–water partition coefficient (Wildman–Crippen LogP) is 12.3. The molecule has 0 N–H and O–H groups in total. The van der Waals surface area contributed by atoms with Crippen LogP contribution in [-0.2, 0) is 5.41 Å². The van der Waals surface area contributed by atoms with E-state index in [1.807, 2.05) is 0 Å². The molecule has 0 bridgehead atoms. The minimum atomic E-state index is -2.80. The molecule has 0 aromatic heterocycles. The third-order valence-electron chi connectivity index (χ3n) is 16.6. The fourth-order valence-corrected chi connectivity index (χ4v) is 23.0. The Labute approximate surface area is 448 Å². The molecule has 0 fully saturated rings. The van der Waals surface area contributed by atoms with Gasteiger partial charge in [-0.2, -0.15) is 0 Å². The molecular weight excluding hydrogens is 947 g/mol. The lowest BCUT2D eigenvalue weighted by molar-refractivity contribution is 0.793. The van der Waals surface area contributed by atoms with Gasteiger partial charge in [0.15, 0.2) is 16.1 Å². The summed E-state index contributed by atoms with van der Waals surface area (Å²) < 4.78 is 0. The van der Waals surface area contributed by atoms with Crippen molar-refractivity contribution in [3.63, 3.8) is 0 Å². The maximum atomic E-state index is 2.52. The molecule has 1 nitrogen and oxygen atoms in total. The minimum absolute atomic E-state index is 0.479. The molecule has 2 aliphatic rings. The second-order valence-electron chi connectivity index (χ2n) is 20.2. The number of fused-ring (bicyclic) bond motifs is 10. The summed E-state index contributed by atoms with van der Waals surface area (Å²) in [6, 6.07) is 121. The van der Waals surface area contributed by atoms with Crippen LogP contribution in [-0.4, -0.2) is 16.1 Å². The Kier molecular flexibility index (Phi) is 11.2. The second kappa shape index (κ2) is 18.7. The molecule has 0 saturated carbocycles. The van der Waals surface area contributed by atoms with Crippen LogP contribution in [0, 0.1) is 0 Å². The van der Waals surface area contributed by atoms with Crippen LogP contribution in [0.15, 0.2) is 322 Å². The molecule has 0 atom stereocenters. The molecule has 76 heavy (non-hydrogen) atoms. The fourth-order valence-electron chi connectivity index (χ4n) is 13.5. The van der Waals surface area contributed by atoms with Gasteiger partial charge < -0.3 is 4.90 Å². The maximum absolute atomic E-state index is 2.80. The summed E-state index contributed by atoms with van der Waals surface area (Å²) in [4.78, 5) is 2.50. The largest absolute Gasteiger partial charge is 0.310 e. The van der Waals surface area contributed by atoms with E-state index in [1.54, 1.807) is 0 Å². The van der Waals surface area contributed by atoms with Crippen molar-refractivity contribution in [2.75, 3.05) is 4.90 Å². The lowest BCUT2D eigenvalue weighted by Gasteiger charge is -2.36. The van der Waals surface area contributed by atoms with Crippen molar-refractivity contribution in [2.45, 2.75) is 5.41 Å². The van der Waals surface area contributed by atoms with Crippen LogP contribution in [0.4, 0.5) is 17.1 Å². The summed E-state index contributed by atoms with van der Waals surface area (Å²) >= 11 is 0. The second-order valence-corrected chi connectivity index (χ2v) is 27.9. The SMILES string of the molecule is c1ccc([Si](c2ccccc2)(c2ccccc2)c2ccc(N(c3ccc([Si](c4ccccc4)(c4ccccc4)c4ccccc4)cc3)c3ccc4c(c3)C3(c5ccccc5-c5ccccc53)c3ccccc3-4)cc2)cc1. The van der Waals surface area contributed by atoms with Gasteiger partial charge in [0.1, 0.15) is 0 Å². The Morgan fingerprint density at radius 2 is 0.434 bits per heavy atom. The fraction of sp³-hybridized carbons (Fsp3) is 0.0137. The minimum Gasteiger partial charge on any atom is -0.310 e. The first-order valence-electron chi connectivity index (χ1n) is 26.5. The molecule has 3 heteroatoms. The van der Waals surface area contributed by atoms with Crippen molar-refractivity contribution >= 4 is 74.7 Å². The zero-order chi connectivity index (χ0) is 50.5. The summed E-state index contributed by atoms with van der Waals surface area (Å²) in [7, 11) is -5.59. The van der Waals surface area contributed by atoms with E-state index in [0.29, 0.717) is 0 Å². The van der Waals surface area contributed by atoms with E-state index >= 15 is 0 Å². The van der Waals surface area contributed by atoms with E-state index in [4.69, 9.17) is 0 Å². The van der Waals surface area contributed by atoms with Crippen LogP contribution in [0.5, 0.6) is 0 Å². The standard InChI is InChI=1S/C73H53NSi2/c1-7-25-57(26-8-1)75(58-27-9-2-10-28-58,59-29-11-3-12-30-59)63-48-43-54(44-49-63)74(55-45-50-64(51-46-55)76(60-31-13-4-14-32-60,61-33-15-5-16-34-61)62-35-17-6-18-36-62)56-47-52-68-67-39-21-24-42-71(67)73(72(68)53-56)69-40-22-19-37-65(69)66-38-20-23-41-70(66)73/h1-53H. The highest BCUT2D eigenvalue weighted by molar-refractivity contribution is 7.20.